The zero-order chi connectivity index (χ0) is 18.1. The molecule has 0 radical (unpaired) electrons. The molecular weight excluding hydrogens is 340 g/mol. The van der Waals surface area contributed by atoms with Gasteiger partial charge in [0.05, 0.1) is 13.2 Å². The van der Waals surface area contributed by atoms with Crippen molar-refractivity contribution in [2.45, 2.75) is 6.54 Å². The minimum atomic E-state index is 0.663. The molecule has 0 aliphatic carbocycles. The molecule has 1 saturated heterocycles. The quantitative estimate of drug-likeness (QED) is 0.597. The second kappa shape index (κ2) is 6.89. The van der Waals surface area contributed by atoms with E-state index in [9.17, 15) is 0 Å². The van der Waals surface area contributed by atoms with E-state index in [2.05, 4.69) is 44.5 Å². The van der Waals surface area contributed by atoms with Gasteiger partial charge in [-0.1, -0.05) is 30.3 Å². The number of furan rings is 1. The van der Waals surface area contributed by atoms with Crippen molar-refractivity contribution in [3.8, 4) is 0 Å². The molecule has 0 bridgehead atoms. The molecule has 6 nitrogen and oxygen atoms in total. The molecule has 2 aromatic heterocycles. The fourth-order valence-electron chi connectivity index (χ4n) is 3.60. The molecule has 0 unspecified atom stereocenters. The Morgan fingerprint density at radius 2 is 1.78 bits per heavy atom. The first-order valence-corrected chi connectivity index (χ1v) is 9.17. The number of anilines is 2. The van der Waals surface area contributed by atoms with Crippen molar-refractivity contribution in [1.29, 1.82) is 0 Å². The Kier molecular flexibility index (Phi) is 4.10. The van der Waals surface area contributed by atoms with Gasteiger partial charge in [-0.15, -0.1) is 0 Å². The van der Waals surface area contributed by atoms with Crippen LogP contribution in [0.1, 0.15) is 5.56 Å². The van der Waals surface area contributed by atoms with Crippen LogP contribution in [0.2, 0.25) is 0 Å². The molecular formula is C21H20N4O2. The van der Waals surface area contributed by atoms with Crippen molar-refractivity contribution in [3.05, 3.63) is 60.4 Å². The van der Waals surface area contributed by atoms with Crippen LogP contribution >= 0.6 is 0 Å². The summed E-state index contributed by atoms with van der Waals surface area (Å²) in [5, 5.41) is 4.45. The largest absolute Gasteiger partial charge is 0.450 e. The van der Waals surface area contributed by atoms with Gasteiger partial charge in [0.15, 0.2) is 11.4 Å². The smallest absolute Gasteiger partial charge is 0.196 e. The van der Waals surface area contributed by atoms with Gasteiger partial charge in [0.2, 0.25) is 0 Å². The molecule has 1 aliphatic rings. The number of morpholine rings is 1. The topological polar surface area (TPSA) is 63.4 Å². The average Bonchev–Trinajstić information content (AvgIpc) is 3.12. The van der Waals surface area contributed by atoms with Gasteiger partial charge in [0, 0.05) is 30.7 Å². The van der Waals surface area contributed by atoms with Crippen LogP contribution in [0.25, 0.3) is 22.1 Å². The first-order chi connectivity index (χ1) is 13.4. The third kappa shape index (κ3) is 2.98. The maximum atomic E-state index is 6.00. The normalized spacial score (nSPS) is 14.7. The molecule has 5 rings (SSSR count). The second-order valence-electron chi connectivity index (χ2n) is 6.58. The van der Waals surface area contributed by atoms with Gasteiger partial charge in [-0.2, -0.15) is 0 Å². The number of fused-ring (bicyclic) bond motifs is 3. The Morgan fingerprint density at radius 1 is 0.963 bits per heavy atom. The molecule has 4 aromatic rings. The number of benzene rings is 2. The Hall–Kier alpha value is -3.12. The Balaban J connectivity index is 1.45. The van der Waals surface area contributed by atoms with E-state index in [1.54, 1.807) is 6.33 Å². The molecule has 6 heteroatoms. The molecule has 27 heavy (non-hydrogen) atoms. The predicted octanol–water partition coefficient (Wildman–Crippen LogP) is 3.82. The van der Waals surface area contributed by atoms with Crippen LogP contribution in [-0.2, 0) is 11.3 Å². The molecule has 1 fully saturated rings. The predicted molar refractivity (Wildman–Crippen MR) is 106 cm³/mol. The monoisotopic (exact) mass is 360 g/mol. The summed E-state index contributed by atoms with van der Waals surface area (Å²) in [7, 11) is 0. The molecule has 136 valence electrons. The van der Waals surface area contributed by atoms with E-state index in [1.807, 2.05) is 24.3 Å². The van der Waals surface area contributed by atoms with Gasteiger partial charge < -0.3 is 19.4 Å². The lowest BCUT2D eigenvalue weighted by atomic mass is 10.1. The van der Waals surface area contributed by atoms with Gasteiger partial charge in [0.1, 0.15) is 17.4 Å². The van der Waals surface area contributed by atoms with E-state index in [0.717, 1.165) is 42.8 Å². The molecule has 0 saturated carbocycles. The summed E-state index contributed by atoms with van der Waals surface area (Å²) in [6.07, 6.45) is 1.58. The SMILES string of the molecule is c1ccc(N2CCOCC2)c(CNc2ncnc3c2oc2ccccc23)c1. The van der Waals surface area contributed by atoms with Crippen LogP contribution < -0.4 is 10.2 Å². The molecule has 2 aromatic carbocycles. The molecule has 0 spiro atoms. The molecule has 0 atom stereocenters. The van der Waals surface area contributed by atoms with Crippen LogP contribution in [0.5, 0.6) is 0 Å². The number of aromatic nitrogens is 2. The van der Waals surface area contributed by atoms with Crippen molar-refractivity contribution in [1.82, 2.24) is 9.97 Å². The zero-order valence-electron chi connectivity index (χ0n) is 14.9. The van der Waals surface area contributed by atoms with E-state index in [0.29, 0.717) is 17.9 Å². The zero-order valence-corrected chi connectivity index (χ0v) is 14.9. The summed E-state index contributed by atoms with van der Waals surface area (Å²) in [6, 6.07) is 16.4. The van der Waals surface area contributed by atoms with E-state index < -0.39 is 0 Å². The molecule has 3 heterocycles. The highest BCUT2D eigenvalue weighted by molar-refractivity contribution is 6.05. The van der Waals surface area contributed by atoms with Crippen molar-refractivity contribution in [2.75, 3.05) is 36.5 Å². The van der Waals surface area contributed by atoms with Crippen LogP contribution in [0, 0.1) is 0 Å². The maximum absolute atomic E-state index is 6.00. The highest BCUT2D eigenvalue weighted by Gasteiger charge is 2.16. The highest BCUT2D eigenvalue weighted by Crippen LogP contribution is 2.31. The van der Waals surface area contributed by atoms with E-state index in [1.165, 1.54) is 11.3 Å². The summed E-state index contributed by atoms with van der Waals surface area (Å²) in [5.41, 5.74) is 4.82. The standard InChI is InChI=1S/C21H20N4O2/c1-3-7-17(25-9-11-26-12-10-25)15(5-1)13-22-21-20-19(23-14-24-21)16-6-2-4-8-18(16)27-20/h1-8,14H,9-13H2,(H,22,23,24). The number of nitrogens with one attached hydrogen (secondary N) is 1. The average molecular weight is 360 g/mol. The number of hydrogen-bond acceptors (Lipinski definition) is 6. The summed E-state index contributed by atoms with van der Waals surface area (Å²) in [4.78, 5) is 11.2. The molecule has 1 N–H and O–H groups in total. The lowest BCUT2D eigenvalue weighted by molar-refractivity contribution is 0.122. The lowest BCUT2D eigenvalue weighted by Crippen LogP contribution is -2.36. The van der Waals surface area contributed by atoms with Crippen molar-refractivity contribution >= 4 is 33.6 Å². The van der Waals surface area contributed by atoms with E-state index in [-0.39, 0.29) is 0 Å². The minimum absolute atomic E-state index is 0.663. The Labute approximate surface area is 156 Å². The van der Waals surface area contributed by atoms with Gasteiger partial charge in [-0.25, -0.2) is 9.97 Å². The summed E-state index contributed by atoms with van der Waals surface area (Å²) < 4.78 is 11.5. The van der Waals surface area contributed by atoms with Crippen molar-refractivity contribution in [2.24, 2.45) is 0 Å². The number of nitrogens with zero attached hydrogens (tertiary/aromatic N) is 3. The number of rotatable bonds is 4. The molecule has 1 aliphatic heterocycles. The van der Waals surface area contributed by atoms with E-state index >= 15 is 0 Å². The van der Waals surface area contributed by atoms with Crippen LogP contribution in [0.15, 0.2) is 59.3 Å². The third-order valence-corrected chi connectivity index (χ3v) is 4.95. The first-order valence-electron chi connectivity index (χ1n) is 9.17. The van der Waals surface area contributed by atoms with Crippen LogP contribution in [0.4, 0.5) is 11.5 Å². The summed E-state index contributed by atoms with van der Waals surface area (Å²) in [5.74, 6) is 0.716. The molecule has 0 amide bonds. The lowest BCUT2D eigenvalue weighted by Gasteiger charge is -2.30. The summed E-state index contributed by atoms with van der Waals surface area (Å²) >= 11 is 0. The fraction of sp³-hybridized carbons (Fsp3) is 0.238. The third-order valence-electron chi connectivity index (χ3n) is 4.95. The van der Waals surface area contributed by atoms with Crippen molar-refractivity contribution in [3.63, 3.8) is 0 Å². The van der Waals surface area contributed by atoms with E-state index in [4.69, 9.17) is 9.15 Å². The first kappa shape index (κ1) is 16.1. The van der Waals surface area contributed by atoms with Gasteiger partial charge >= 0.3 is 0 Å². The van der Waals surface area contributed by atoms with Gasteiger partial charge in [-0.3, -0.25) is 0 Å². The maximum Gasteiger partial charge on any atom is 0.196 e. The van der Waals surface area contributed by atoms with Gasteiger partial charge in [-0.05, 0) is 23.8 Å². The Bertz CT molecular complexity index is 1090. The number of ether oxygens (including phenoxy) is 1. The van der Waals surface area contributed by atoms with Gasteiger partial charge in [0.25, 0.3) is 0 Å². The number of hydrogen-bond donors (Lipinski definition) is 1. The van der Waals surface area contributed by atoms with Crippen LogP contribution in [0.3, 0.4) is 0 Å². The van der Waals surface area contributed by atoms with Crippen molar-refractivity contribution < 1.29 is 9.15 Å². The summed E-state index contributed by atoms with van der Waals surface area (Å²) in [6.45, 7) is 4.04. The second-order valence-corrected chi connectivity index (χ2v) is 6.58. The van der Waals surface area contributed by atoms with Crippen LogP contribution in [-0.4, -0.2) is 36.3 Å². The minimum Gasteiger partial charge on any atom is -0.450 e. The Morgan fingerprint density at radius 3 is 2.70 bits per heavy atom. The highest BCUT2D eigenvalue weighted by atomic mass is 16.5. The number of para-hydroxylation sites is 2. The fourth-order valence-corrected chi connectivity index (χ4v) is 3.60.